The van der Waals surface area contributed by atoms with Crippen LogP contribution in [0.15, 0.2) is 42.7 Å². The van der Waals surface area contributed by atoms with Crippen molar-refractivity contribution in [2.75, 3.05) is 0 Å². The lowest BCUT2D eigenvalue weighted by atomic mass is 10.0. The van der Waals surface area contributed by atoms with Gasteiger partial charge in [-0.3, -0.25) is 4.98 Å². The summed E-state index contributed by atoms with van der Waals surface area (Å²) in [5.74, 6) is -0.874. The lowest BCUT2D eigenvalue weighted by Crippen LogP contribution is -2.17. The van der Waals surface area contributed by atoms with Crippen LogP contribution < -0.4 is 10.5 Å². The molecule has 1 unspecified atom stereocenters. The number of aromatic nitrogens is 1. The summed E-state index contributed by atoms with van der Waals surface area (Å²) in [7, 11) is 0. The number of alkyl halides is 3. The van der Waals surface area contributed by atoms with Crippen molar-refractivity contribution in [1.82, 2.24) is 4.98 Å². The van der Waals surface area contributed by atoms with E-state index in [0.717, 1.165) is 18.3 Å². The summed E-state index contributed by atoms with van der Waals surface area (Å²) in [6.07, 6.45) is -2.31. The summed E-state index contributed by atoms with van der Waals surface area (Å²) in [5.41, 5.74) is 6.84. The fourth-order valence-electron chi connectivity index (χ4n) is 1.67. The number of ether oxygens (including phenoxy) is 1. The van der Waals surface area contributed by atoms with Gasteiger partial charge in [0.2, 0.25) is 0 Å². The Morgan fingerprint density at radius 2 is 1.70 bits per heavy atom. The summed E-state index contributed by atoms with van der Waals surface area (Å²) in [6.45, 7) is 0. The molecule has 0 aliphatic rings. The van der Waals surface area contributed by atoms with Crippen LogP contribution in [0.5, 0.6) is 5.75 Å². The maximum Gasteiger partial charge on any atom is 0.573 e. The van der Waals surface area contributed by atoms with Gasteiger partial charge in [-0.25, -0.2) is 4.39 Å². The zero-order valence-corrected chi connectivity index (χ0v) is 10.1. The molecule has 3 nitrogen and oxygen atoms in total. The first-order valence-corrected chi connectivity index (χ1v) is 5.57. The number of hydrogen-bond acceptors (Lipinski definition) is 3. The molecule has 2 aromatic rings. The number of hydrogen-bond donors (Lipinski definition) is 1. The molecule has 1 heterocycles. The van der Waals surface area contributed by atoms with Crippen LogP contribution >= 0.6 is 0 Å². The molecule has 0 spiro atoms. The average molecular weight is 286 g/mol. The minimum atomic E-state index is -4.74. The van der Waals surface area contributed by atoms with Crippen molar-refractivity contribution in [3.8, 4) is 5.75 Å². The zero-order chi connectivity index (χ0) is 14.8. The molecule has 7 heteroatoms. The standard InChI is InChI=1S/C13H10F4N2O/c14-10-5-9(6-19-7-10)12(18)8-1-3-11(4-2-8)20-13(15,16)17/h1-7,12H,18H2. The van der Waals surface area contributed by atoms with Gasteiger partial charge in [0, 0.05) is 6.20 Å². The van der Waals surface area contributed by atoms with Crippen molar-refractivity contribution in [2.24, 2.45) is 5.73 Å². The Kier molecular flexibility index (Phi) is 3.89. The van der Waals surface area contributed by atoms with Crippen molar-refractivity contribution >= 4 is 0 Å². The van der Waals surface area contributed by atoms with Crippen molar-refractivity contribution in [3.63, 3.8) is 0 Å². The van der Waals surface area contributed by atoms with Gasteiger partial charge in [-0.05, 0) is 29.3 Å². The Balaban J connectivity index is 2.17. The van der Waals surface area contributed by atoms with Gasteiger partial charge in [0.05, 0.1) is 12.2 Å². The number of nitrogens with zero attached hydrogens (tertiary/aromatic N) is 1. The number of nitrogens with two attached hydrogens (primary N) is 1. The Labute approximate surface area is 112 Å². The highest BCUT2D eigenvalue weighted by atomic mass is 19.4. The van der Waals surface area contributed by atoms with Crippen LogP contribution in [0.3, 0.4) is 0 Å². The van der Waals surface area contributed by atoms with Crippen molar-refractivity contribution in [2.45, 2.75) is 12.4 Å². The van der Waals surface area contributed by atoms with Crippen LogP contribution in [-0.4, -0.2) is 11.3 Å². The fourth-order valence-corrected chi connectivity index (χ4v) is 1.67. The predicted molar refractivity (Wildman–Crippen MR) is 63.4 cm³/mol. The summed E-state index contributed by atoms with van der Waals surface area (Å²) in [4.78, 5) is 3.67. The monoisotopic (exact) mass is 286 g/mol. The van der Waals surface area contributed by atoms with E-state index in [1.807, 2.05) is 0 Å². The second kappa shape index (κ2) is 5.46. The quantitative estimate of drug-likeness (QED) is 0.882. The van der Waals surface area contributed by atoms with Gasteiger partial charge in [0.1, 0.15) is 11.6 Å². The molecule has 0 radical (unpaired) electrons. The third-order valence-corrected chi connectivity index (χ3v) is 2.56. The van der Waals surface area contributed by atoms with E-state index < -0.39 is 18.2 Å². The summed E-state index contributed by atoms with van der Waals surface area (Å²) in [5, 5.41) is 0. The molecule has 2 N–H and O–H groups in total. The van der Waals surface area contributed by atoms with E-state index in [9.17, 15) is 17.6 Å². The minimum absolute atomic E-state index is 0.342. The number of benzene rings is 1. The second-order valence-electron chi connectivity index (χ2n) is 4.03. The molecule has 0 aliphatic heterocycles. The first kappa shape index (κ1) is 14.3. The molecule has 0 bridgehead atoms. The molecular formula is C13H10F4N2O. The zero-order valence-electron chi connectivity index (χ0n) is 10.1. The predicted octanol–water partition coefficient (Wildman–Crippen LogP) is 3.17. The number of halogens is 4. The first-order valence-electron chi connectivity index (χ1n) is 5.57. The van der Waals surface area contributed by atoms with Crippen molar-refractivity contribution in [1.29, 1.82) is 0 Å². The molecule has 1 aromatic heterocycles. The summed E-state index contributed by atoms with van der Waals surface area (Å²) < 4.78 is 52.8. The molecule has 0 aliphatic carbocycles. The third-order valence-electron chi connectivity index (χ3n) is 2.56. The van der Waals surface area contributed by atoms with E-state index in [1.54, 1.807) is 0 Å². The fraction of sp³-hybridized carbons (Fsp3) is 0.154. The van der Waals surface area contributed by atoms with Gasteiger partial charge in [0.15, 0.2) is 0 Å². The van der Waals surface area contributed by atoms with E-state index in [4.69, 9.17) is 5.73 Å². The van der Waals surface area contributed by atoms with Crippen molar-refractivity contribution < 1.29 is 22.3 Å². The van der Waals surface area contributed by atoms with Crippen LogP contribution in [0, 0.1) is 5.82 Å². The highest BCUT2D eigenvalue weighted by Crippen LogP contribution is 2.25. The first-order chi connectivity index (χ1) is 9.35. The van der Waals surface area contributed by atoms with E-state index in [1.165, 1.54) is 24.4 Å². The minimum Gasteiger partial charge on any atom is -0.406 e. The van der Waals surface area contributed by atoms with Crippen molar-refractivity contribution in [3.05, 3.63) is 59.7 Å². The SMILES string of the molecule is NC(c1ccc(OC(F)(F)F)cc1)c1cncc(F)c1. The number of pyridine rings is 1. The average Bonchev–Trinajstić information content (AvgIpc) is 2.37. The lowest BCUT2D eigenvalue weighted by Gasteiger charge is -2.13. The second-order valence-corrected chi connectivity index (χ2v) is 4.03. The van der Waals surface area contributed by atoms with E-state index in [-0.39, 0.29) is 5.75 Å². The third kappa shape index (κ3) is 3.67. The van der Waals surface area contributed by atoms with Gasteiger partial charge in [-0.2, -0.15) is 0 Å². The van der Waals surface area contributed by atoms with E-state index in [0.29, 0.717) is 11.1 Å². The molecule has 0 amide bonds. The van der Waals surface area contributed by atoms with Crippen LogP contribution in [0.1, 0.15) is 17.2 Å². The summed E-state index contributed by atoms with van der Waals surface area (Å²) >= 11 is 0. The topological polar surface area (TPSA) is 48.1 Å². The molecule has 0 saturated carbocycles. The Hall–Kier alpha value is -2.15. The van der Waals surface area contributed by atoms with Crippen LogP contribution in [0.4, 0.5) is 17.6 Å². The summed E-state index contributed by atoms with van der Waals surface area (Å²) in [6, 6.07) is 5.61. The molecule has 1 atom stereocenters. The largest absolute Gasteiger partial charge is 0.573 e. The molecule has 1 aromatic carbocycles. The van der Waals surface area contributed by atoms with E-state index >= 15 is 0 Å². The van der Waals surface area contributed by atoms with Gasteiger partial charge in [0.25, 0.3) is 0 Å². The highest BCUT2D eigenvalue weighted by Gasteiger charge is 2.31. The maximum absolute atomic E-state index is 13.0. The molecule has 20 heavy (non-hydrogen) atoms. The smallest absolute Gasteiger partial charge is 0.406 e. The number of rotatable bonds is 3. The normalized spacial score (nSPS) is 13.1. The van der Waals surface area contributed by atoms with Crippen LogP contribution in [0.2, 0.25) is 0 Å². The Morgan fingerprint density at radius 3 is 2.25 bits per heavy atom. The van der Waals surface area contributed by atoms with Gasteiger partial charge >= 0.3 is 6.36 Å². The lowest BCUT2D eigenvalue weighted by molar-refractivity contribution is -0.274. The molecule has 0 fully saturated rings. The van der Waals surface area contributed by atoms with Gasteiger partial charge < -0.3 is 10.5 Å². The maximum atomic E-state index is 13.0. The van der Waals surface area contributed by atoms with Crippen LogP contribution in [-0.2, 0) is 0 Å². The van der Waals surface area contributed by atoms with Gasteiger partial charge in [-0.1, -0.05) is 12.1 Å². The van der Waals surface area contributed by atoms with E-state index in [2.05, 4.69) is 9.72 Å². The molecular weight excluding hydrogens is 276 g/mol. The molecule has 106 valence electrons. The van der Waals surface area contributed by atoms with Gasteiger partial charge in [-0.15, -0.1) is 13.2 Å². The molecule has 0 saturated heterocycles. The molecule has 2 rings (SSSR count). The van der Waals surface area contributed by atoms with Crippen LogP contribution in [0.25, 0.3) is 0 Å². The Morgan fingerprint density at radius 1 is 1.05 bits per heavy atom. The highest BCUT2D eigenvalue weighted by molar-refractivity contribution is 5.34. The Bertz CT molecular complexity index is 584.